The molecule has 0 bridgehead atoms. The van der Waals surface area contributed by atoms with Crippen molar-refractivity contribution >= 4 is 22.6 Å². The quantitative estimate of drug-likeness (QED) is 0.932. The SMILES string of the molecule is Clc1ccc2nc(CC3CCC(N4CCOCC4)CC3)[nH]c2c1. The van der Waals surface area contributed by atoms with Crippen LogP contribution in [-0.2, 0) is 11.2 Å². The first kappa shape index (κ1) is 15.4. The molecular formula is C18H24ClN3O. The Hall–Kier alpha value is -1.10. The number of aromatic nitrogens is 2. The molecule has 1 aliphatic carbocycles. The van der Waals surface area contributed by atoms with Crippen LogP contribution < -0.4 is 0 Å². The van der Waals surface area contributed by atoms with E-state index in [-0.39, 0.29) is 0 Å². The smallest absolute Gasteiger partial charge is 0.107 e. The van der Waals surface area contributed by atoms with E-state index in [1.54, 1.807) is 0 Å². The number of ether oxygens (including phenoxy) is 1. The van der Waals surface area contributed by atoms with Gasteiger partial charge in [-0.25, -0.2) is 4.98 Å². The number of rotatable bonds is 3. The molecule has 1 saturated carbocycles. The van der Waals surface area contributed by atoms with Gasteiger partial charge in [0.25, 0.3) is 0 Å². The van der Waals surface area contributed by atoms with Crippen LogP contribution in [0.3, 0.4) is 0 Å². The first-order valence-corrected chi connectivity index (χ1v) is 9.11. The zero-order valence-corrected chi connectivity index (χ0v) is 14.2. The number of benzene rings is 1. The Balaban J connectivity index is 1.34. The van der Waals surface area contributed by atoms with Gasteiger partial charge in [0.05, 0.1) is 24.2 Å². The third-order valence-electron chi connectivity index (χ3n) is 5.35. The normalized spacial score (nSPS) is 26.7. The lowest BCUT2D eigenvalue weighted by Gasteiger charge is -2.38. The van der Waals surface area contributed by atoms with Crippen molar-refractivity contribution in [3.63, 3.8) is 0 Å². The van der Waals surface area contributed by atoms with Crippen molar-refractivity contribution in [3.05, 3.63) is 29.0 Å². The highest BCUT2D eigenvalue weighted by Crippen LogP contribution is 2.30. The Bertz CT molecular complexity index is 657. The highest BCUT2D eigenvalue weighted by atomic mass is 35.5. The van der Waals surface area contributed by atoms with Crippen LogP contribution in [0.2, 0.25) is 5.02 Å². The Morgan fingerprint density at radius 2 is 1.96 bits per heavy atom. The maximum Gasteiger partial charge on any atom is 0.107 e. The topological polar surface area (TPSA) is 41.2 Å². The fraction of sp³-hybridized carbons (Fsp3) is 0.611. The van der Waals surface area contributed by atoms with Gasteiger partial charge in [-0.3, -0.25) is 4.90 Å². The molecule has 0 unspecified atom stereocenters. The molecule has 1 aromatic carbocycles. The molecule has 2 heterocycles. The zero-order valence-electron chi connectivity index (χ0n) is 13.4. The van der Waals surface area contributed by atoms with Crippen molar-refractivity contribution in [1.29, 1.82) is 0 Å². The van der Waals surface area contributed by atoms with Crippen molar-refractivity contribution in [2.24, 2.45) is 5.92 Å². The summed E-state index contributed by atoms with van der Waals surface area (Å²) in [6.07, 6.45) is 6.30. The van der Waals surface area contributed by atoms with Gasteiger partial charge in [0, 0.05) is 30.6 Å². The van der Waals surface area contributed by atoms with E-state index < -0.39 is 0 Å². The molecule has 0 amide bonds. The number of nitrogens with zero attached hydrogens (tertiary/aromatic N) is 2. The van der Waals surface area contributed by atoms with Crippen LogP contribution >= 0.6 is 11.6 Å². The van der Waals surface area contributed by atoms with Gasteiger partial charge in [0.15, 0.2) is 0 Å². The molecule has 4 nitrogen and oxygen atoms in total. The lowest BCUT2D eigenvalue weighted by atomic mass is 9.83. The minimum Gasteiger partial charge on any atom is -0.379 e. The summed E-state index contributed by atoms with van der Waals surface area (Å²) in [5, 5.41) is 0.763. The number of H-pyrrole nitrogens is 1. The van der Waals surface area contributed by atoms with Gasteiger partial charge in [0.1, 0.15) is 5.82 Å². The van der Waals surface area contributed by atoms with E-state index in [1.807, 2.05) is 18.2 Å². The van der Waals surface area contributed by atoms with Crippen molar-refractivity contribution in [3.8, 4) is 0 Å². The van der Waals surface area contributed by atoms with Crippen molar-refractivity contribution in [2.75, 3.05) is 26.3 Å². The second kappa shape index (κ2) is 6.80. The maximum absolute atomic E-state index is 6.05. The van der Waals surface area contributed by atoms with Gasteiger partial charge < -0.3 is 9.72 Å². The van der Waals surface area contributed by atoms with E-state index in [9.17, 15) is 0 Å². The Kier molecular flexibility index (Phi) is 4.56. The van der Waals surface area contributed by atoms with Gasteiger partial charge in [-0.2, -0.15) is 0 Å². The van der Waals surface area contributed by atoms with E-state index in [0.717, 1.165) is 66.6 Å². The van der Waals surface area contributed by atoms with E-state index in [1.165, 1.54) is 25.7 Å². The minimum absolute atomic E-state index is 0.753. The number of fused-ring (bicyclic) bond motifs is 1. The molecule has 23 heavy (non-hydrogen) atoms. The summed E-state index contributed by atoms with van der Waals surface area (Å²) in [7, 11) is 0. The van der Waals surface area contributed by atoms with Crippen LogP contribution in [0, 0.1) is 5.92 Å². The maximum atomic E-state index is 6.05. The van der Waals surface area contributed by atoms with Crippen LogP contribution in [-0.4, -0.2) is 47.2 Å². The summed E-state index contributed by atoms with van der Waals surface area (Å²) >= 11 is 6.05. The number of morpholine rings is 1. The molecule has 1 saturated heterocycles. The molecule has 1 aliphatic heterocycles. The molecule has 5 heteroatoms. The lowest BCUT2D eigenvalue weighted by Crippen LogP contribution is -2.45. The summed E-state index contributed by atoms with van der Waals surface area (Å²) in [5.74, 6) is 1.86. The Labute approximate surface area is 142 Å². The molecular weight excluding hydrogens is 310 g/mol. The summed E-state index contributed by atoms with van der Waals surface area (Å²) in [6.45, 7) is 4.03. The number of aromatic amines is 1. The van der Waals surface area contributed by atoms with Crippen molar-refractivity contribution in [2.45, 2.75) is 38.1 Å². The van der Waals surface area contributed by atoms with Gasteiger partial charge >= 0.3 is 0 Å². The monoisotopic (exact) mass is 333 g/mol. The lowest BCUT2D eigenvalue weighted by molar-refractivity contribution is 0.00491. The molecule has 1 N–H and O–H groups in total. The third kappa shape index (κ3) is 3.54. The molecule has 0 atom stereocenters. The number of hydrogen-bond acceptors (Lipinski definition) is 3. The Morgan fingerprint density at radius 1 is 1.17 bits per heavy atom. The average molecular weight is 334 g/mol. The van der Waals surface area contributed by atoms with Crippen LogP contribution in [0.25, 0.3) is 11.0 Å². The summed E-state index contributed by atoms with van der Waals surface area (Å²) < 4.78 is 5.46. The average Bonchev–Trinajstić information content (AvgIpc) is 2.97. The number of imidazole rings is 1. The van der Waals surface area contributed by atoms with Crippen LogP contribution in [0.5, 0.6) is 0 Å². The standard InChI is InChI=1S/C18H24ClN3O/c19-14-3-6-16-17(12-14)21-18(20-16)11-13-1-4-15(5-2-13)22-7-9-23-10-8-22/h3,6,12-13,15H,1-2,4-5,7-11H2,(H,20,21). The van der Waals surface area contributed by atoms with E-state index in [0.29, 0.717) is 0 Å². The second-order valence-corrected chi connectivity index (χ2v) is 7.31. The summed E-state index contributed by atoms with van der Waals surface area (Å²) in [4.78, 5) is 10.8. The van der Waals surface area contributed by atoms with Crippen molar-refractivity contribution < 1.29 is 4.74 Å². The van der Waals surface area contributed by atoms with Gasteiger partial charge in [-0.15, -0.1) is 0 Å². The molecule has 2 aromatic rings. The number of nitrogens with one attached hydrogen (secondary N) is 1. The van der Waals surface area contributed by atoms with Crippen molar-refractivity contribution in [1.82, 2.24) is 14.9 Å². The predicted octanol–water partition coefficient (Wildman–Crippen LogP) is 3.65. The van der Waals surface area contributed by atoms with Gasteiger partial charge in [-0.05, 0) is 49.8 Å². The van der Waals surface area contributed by atoms with E-state index in [4.69, 9.17) is 21.3 Å². The predicted molar refractivity (Wildman–Crippen MR) is 92.9 cm³/mol. The van der Waals surface area contributed by atoms with Crippen LogP contribution in [0.4, 0.5) is 0 Å². The fourth-order valence-corrected chi connectivity index (χ4v) is 4.23. The molecule has 0 spiro atoms. The van der Waals surface area contributed by atoms with Gasteiger partial charge in [0.2, 0.25) is 0 Å². The first-order chi connectivity index (χ1) is 11.3. The van der Waals surface area contributed by atoms with E-state index in [2.05, 4.69) is 9.88 Å². The summed E-state index contributed by atoms with van der Waals surface area (Å²) in [5.41, 5.74) is 2.07. The zero-order chi connectivity index (χ0) is 15.6. The van der Waals surface area contributed by atoms with Crippen LogP contribution in [0.15, 0.2) is 18.2 Å². The van der Waals surface area contributed by atoms with Crippen LogP contribution in [0.1, 0.15) is 31.5 Å². The summed E-state index contributed by atoms with van der Waals surface area (Å²) in [6, 6.07) is 6.63. The fourth-order valence-electron chi connectivity index (χ4n) is 4.06. The van der Waals surface area contributed by atoms with E-state index >= 15 is 0 Å². The first-order valence-electron chi connectivity index (χ1n) is 8.74. The highest BCUT2D eigenvalue weighted by Gasteiger charge is 2.27. The largest absolute Gasteiger partial charge is 0.379 e. The minimum atomic E-state index is 0.753. The highest BCUT2D eigenvalue weighted by molar-refractivity contribution is 6.31. The second-order valence-electron chi connectivity index (χ2n) is 6.87. The number of halogens is 1. The molecule has 0 radical (unpaired) electrons. The third-order valence-corrected chi connectivity index (χ3v) is 5.59. The number of hydrogen-bond donors (Lipinski definition) is 1. The molecule has 4 rings (SSSR count). The molecule has 1 aromatic heterocycles. The molecule has 2 aliphatic rings. The Morgan fingerprint density at radius 3 is 2.74 bits per heavy atom. The molecule has 124 valence electrons. The molecule has 2 fully saturated rings. The van der Waals surface area contributed by atoms with Gasteiger partial charge in [-0.1, -0.05) is 11.6 Å².